The monoisotopic (exact) mass is 263 g/mol. The van der Waals surface area contributed by atoms with Gasteiger partial charge in [-0.15, -0.1) is 0 Å². The minimum Gasteiger partial charge on any atom is -0.497 e. The largest absolute Gasteiger partial charge is 0.497 e. The minimum atomic E-state index is 0.886. The molecule has 2 heterocycles. The summed E-state index contributed by atoms with van der Waals surface area (Å²) in [5.41, 5.74) is 2.30. The maximum atomic E-state index is 5.35. The third kappa shape index (κ3) is 1.50. The van der Waals surface area contributed by atoms with Crippen LogP contribution < -0.4 is 9.30 Å². The van der Waals surface area contributed by atoms with Crippen molar-refractivity contribution in [3.05, 3.63) is 48.8 Å². The Kier molecular flexibility index (Phi) is 2.24. The van der Waals surface area contributed by atoms with Crippen LogP contribution in [0, 0.1) is 0 Å². The zero-order valence-corrected chi connectivity index (χ0v) is 11.5. The van der Waals surface area contributed by atoms with E-state index in [1.165, 1.54) is 21.5 Å². The van der Waals surface area contributed by atoms with Gasteiger partial charge < -0.3 is 9.72 Å². The quantitative estimate of drug-likeness (QED) is 0.524. The molecule has 3 heteroatoms. The lowest BCUT2D eigenvalue weighted by molar-refractivity contribution is -0.670. The molecular formula is C17H15N2O+. The molecule has 2 aromatic carbocycles. The Hall–Kier alpha value is -2.55. The van der Waals surface area contributed by atoms with Crippen molar-refractivity contribution < 1.29 is 9.30 Å². The Morgan fingerprint density at radius 3 is 2.70 bits per heavy atom. The molecule has 0 saturated heterocycles. The van der Waals surface area contributed by atoms with Crippen LogP contribution in [-0.2, 0) is 7.05 Å². The molecule has 4 aromatic rings. The standard InChI is InChI=1S/C17H14N2O/c1-19-8-7-13-11(10-19)3-5-16-17(13)14-9-12(20-2)4-6-15(14)18-16/h3-10H,1-2H3/p+1. The first-order valence-corrected chi connectivity index (χ1v) is 6.64. The zero-order valence-electron chi connectivity index (χ0n) is 11.5. The predicted molar refractivity (Wildman–Crippen MR) is 81.0 cm³/mol. The zero-order chi connectivity index (χ0) is 13.7. The Balaban J connectivity index is 2.23. The number of rotatable bonds is 1. The topological polar surface area (TPSA) is 28.9 Å². The fraction of sp³-hybridized carbons (Fsp3) is 0.118. The number of nitrogens with one attached hydrogen (secondary N) is 1. The molecule has 0 amide bonds. The van der Waals surface area contributed by atoms with Gasteiger partial charge in [-0.3, -0.25) is 0 Å². The first-order valence-electron chi connectivity index (χ1n) is 6.64. The molecular weight excluding hydrogens is 248 g/mol. The van der Waals surface area contributed by atoms with E-state index in [1.807, 2.05) is 13.1 Å². The number of aryl methyl sites for hydroxylation is 1. The number of methoxy groups -OCH3 is 1. The van der Waals surface area contributed by atoms with E-state index < -0.39 is 0 Å². The second-order valence-corrected chi connectivity index (χ2v) is 5.14. The second kappa shape index (κ2) is 3.97. The first-order chi connectivity index (χ1) is 9.76. The third-order valence-corrected chi connectivity index (χ3v) is 3.86. The van der Waals surface area contributed by atoms with Gasteiger partial charge in [-0.05, 0) is 30.3 Å². The molecule has 4 rings (SSSR count). The van der Waals surface area contributed by atoms with Gasteiger partial charge in [0, 0.05) is 38.6 Å². The van der Waals surface area contributed by atoms with Crippen LogP contribution >= 0.6 is 0 Å². The summed E-state index contributed by atoms with van der Waals surface area (Å²) in [5.74, 6) is 0.886. The molecule has 98 valence electrons. The van der Waals surface area contributed by atoms with Crippen LogP contribution in [0.3, 0.4) is 0 Å². The van der Waals surface area contributed by atoms with Crippen molar-refractivity contribution in [1.29, 1.82) is 0 Å². The molecule has 0 saturated carbocycles. The summed E-state index contributed by atoms with van der Waals surface area (Å²) in [4.78, 5) is 3.47. The molecule has 0 spiro atoms. The van der Waals surface area contributed by atoms with Gasteiger partial charge in [-0.1, -0.05) is 0 Å². The van der Waals surface area contributed by atoms with Crippen molar-refractivity contribution in [3.8, 4) is 5.75 Å². The highest BCUT2D eigenvalue weighted by atomic mass is 16.5. The van der Waals surface area contributed by atoms with Crippen molar-refractivity contribution in [2.75, 3.05) is 7.11 Å². The second-order valence-electron chi connectivity index (χ2n) is 5.14. The third-order valence-electron chi connectivity index (χ3n) is 3.86. The van der Waals surface area contributed by atoms with Crippen LogP contribution in [0.4, 0.5) is 0 Å². The van der Waals surface area contributed by atoms with Crippen LogP contribution in [0.2, 0.25) is 0 Å². The van der Waals surface area contributed by atoms with Crippen molar-refractivity contribution in [3.63, 3.8) is 0 Å². The van der Waals surface area contributed by atoms with E-state index in [9.17, 15) is 0 Å². The molecule has 0 bridgehead atoms. The van der Waals surface area contributed by atoms with Crippen molar-refractivity contribution >= 4 is 32.6 Å². The van der Waals surface area contributed by atoms with Crippen LogP contribution in [0.5, 0.6) is 5.75 Å². The average Bonchev–Trinajstić information content (AvgIpc) is 2.84. The summed E-state index contributed by atoms with van der Waals surface area (Å²) in [6.45, 7) is 0. The van der Waals surface area contributed by atoms with Crippen LogP contribution in [0.25, 0.3) is 32.6 Å². The molecule has 0 aliphatic rings. The Morgan fingerprint density at radius 1 is 1.00 bits per heavy atom. The van der Waals surface area contributed by atoms with E-state index in [0.717, 1.165) is 16.8 Å². The van der Waals surface area contributed by atoms with E-state index in [1.54, 1.807) is 7.11 Å². The van der Waals surface area contributed by atoms with Crippen molar-refractivity contribution in [2.24, 2.45) is 7.05 Å². The lowest BCUT2D eigenvalue weighted by atomic mass is 10.1. The van der Waals surface area contributed by atoms with Crippen molar-refractivity contribution in [2.45, 2.75) is 0 Å². The predicted octanol–water partition coefficient (Wildman–Crippen LogP) is 3.31. The highest BCUT2D eigenvalue weighted by Crippen LogP contribution is 2.33. The molecule has 0 atom stereocenters. The number of hydrogen-bond acceptors (Lipinski definition) is 1. The maximum Gasteiger partial charge on any atom is 0.176 e. The smallest absolute Gasteiger partial charge is 0.176 e. The molecule has 3 nitrogen and oxygen atoms in total. The first kappa shape index (κ1) is 11.3. The summed E-state index contributed by atoms with van der Waals surface area (Å²) >= 11 is 0. The molecule has 2 aromatic heterocycles. The molecule has 20 heavy (non-hydrogen) atoms. The molecule has 0 unspecified atom stereocenters. The number of pyridine rings is 1. The Morgan fingerprint density at radius 2 is 1.85 bits per heavy atom. The number of fused-ring (bicyclic) bond motifs is 5. The molecule has 0 fully saturated rings. The summed E-state index contributed by atoms with van der Waals surface area (Å²) in [5, 5.41) is 4.97. The van der Waals surface area contributed by atoms with E-state index in [0.29, 0.717) is 0 Å². The molecule has 0 aliphatic carbocycles. The summed E-state index contributed by atoms with van der Waals surface area (Å²) in [6.07, 6.45) is 4.23. The summed E-state index contributed by atoms with van der Waals surface area (Å²) < 4.78 is 7.43. The van der Waals surface area contributed by atoms with Gasteiger partial charge in [0.25, 0.3) is 0 Å². The van der Waals surface area contributed by atoms with Crippen LogP contribution in [-0.4, -0.2) is 12.1 Å². The summed E-state index contributed by atoms with van der Waals surface area (Å²) in [7, 11) is 3.75. The van der Waals surface area contributed by atoms with E-state index in [4.69, 9.17) is 4.74 Å². The Bertz CT molecular complexity index is 953. The van der Waals surface area contributed by atoms with Gasteiger partial charge in [0.2, 0.25) is 0 Å². The lowest BCUT2D eigenvalue weighted by Gasteiger charge is -2.01. The lowest BCUT2D eigenvalue weighted by Crippen LogP contribution is -2.25. The van der Waals surface area contributed by atoms with Gasteiger partial charge in [-0.25, -0.2) is 4.57 Å². The number of hydrogen-bond donors (Lipinski definition) is 1. The number of ether oxygens (including phenoxy) is 1. The Labute approximate surface area is 116 Å². The highest BCUT2D eigenvalue weighted by Gasteiger charge is 2.10. The van der Waals surface area contributed by atoms with E-state index in [2.05, 4.69) is 52.3 Å². The number of aromatic nitrogens is 2. The van der Waals surface area contributed by atoms with Gasteiger partial charge in [0.15, 0.2) is 12.4 Å². The maximum absolute atomic E-state index is 5.35. The number of benzene rings is 2. The van der Waals surface area contributed by atoms with E-state index >= 15 is 0 Å². The van der Waals surface area contributed by atoms with Crippen LogP contribution in [0.1, 0.15) is 0 Å². The normalized spacial score (nSPS) is 11.5. The van der Waals surface area contributed by atoms with Gasteiger partial charge in [0.1, 0.15) is 12.8 Å². The van der Waals surface area contributed by atoms with Gasteiger partial charge in [-0.2, -0.15) is 0 Å². The number of H-pyrrole nitrogens is 1. The van der Waals surface area contributed by atoms with Gasteiger partial charge >= 0.3 is 0 Å². The minimum absolute atomic E-state index is 0.886. The highest BCUT2D eigenvalue weighted by molar-refractivity contribution is 6.20. The number of aromatic amines is 1. The molecule has 1 N–H and O–H groups in total. The van der Waals surface area contributed by atoms with Gasteiger partial charge in [0.05, 0.1) is 7.11 Å². The number of nitrogens with zero attached hydrogens (tertiary/aromatic N) is 1. The SMILES string of the molecule is COc1ccc2[nH]c3ccc4c[n+](C)ccc4c3c2c1. The average molecular weight is 263 g/mol. The fourth-order valence-electron chi connectivity index (χ4n) is 2.89. The van der Waals surface area contributed by atoms with Crippen molar-refractivity contribution in [1.82, 2.24) is 4.98 Å². The fourth-order valence-corrected chi connectivity index (χ4v) is 2.89. The summed E-state index contributed by atoms with van der Waals surface area (Å²) in [6, 6.07) is 12.6. The molecule has 0 aliphatic heterocycles. The molecule has 0 radical (unpaired) electrons. The van der Waals surface area contributed by atoms with E-state index in [-0.39, 0.29) is 0 Å². The van der Waals surface area contributed by atoms with Crippen LogP contribution in [0.15, 0.2) is 48.8 Å².